The molecule has 2 heteroatoms. The van der Waals surface area contributed by atoms with E-state index in [1.165, 1.54) is 10.2 Å². The molecule has 0 saturated carbocycles. The van der Waals surface area contributed by atoms with Gasteiger partial charge in [0.15, 0.2) is 0 Å². The fraction of sp³-hybridized carbons (Fsp3) is 1.00. The van der Waals surface area contributed by atoms with E-state index in [9.17, 15) is 0 Å². The molecule has 1 atom stereocenters. The van der Waals surface area contributed by atoms with E-state index in [4.69, 9.17) is 0 Å². The molecule has 0 saturated heterocycles. The van der Waals surface area contributed by atoms with Crippen LogP contribution in [0.1, 0.15) is 62.3 Å². The van der Waals surface area contributed by atoms with Crippen LogP contribution in [0, 0.1) is 10.8 Å². The van der Waals surface area contributed by atoms with Crippen LogP contribution in [0.3, 0.4) is 0 Å². The van der Waals surface area contributed by atoms with Gasteiger partial charge in [0.2, 0.25) is 0 Å². The zero-order chi connectivity index (χ0) is 14.1. The number of hydrogen-bond donors (Lipinski definition) is 0. The molecular weight excluding hydrogens is 222 g/mol. The zero-order valence-electron chi connectivity index (χ0n) is 13.9. The second-order valence-corrected chi connectivity index (χ2v) is 9.18. The molecule has 0 fully saturated rings. The quantitative estimate of drug-likeness (QED) is 0.698. The van der Waals surface area contributed by atoms with Gasteiger partial charge in [0.05, 0.1) is 0 Å². The summed E-state index contributed by atoms with van der Waals surface area (Å²) in [5.41, 5.74) is 0.721. The number of rotatable bonds is 4. The lowest BCUT2D eigenvalue weighted by atomic mass is 9.62. The molecule has 0 aromatic carbocycles. The van der Waals surface area contributed by atoms with Gasteiger partial charge in [0, 0.05) is 16.3 Å². The largest absolute Gasteiger partial charge is 0.301 e. The Morgan fingerprint density at radius 1 is 0.882 bits per heavy atom. The summed E-state index contributed by atoms with van der Waals surface area (Å²) < 4.78 is 0. The van der Waals surface area contributed by atoms with Crippen molar-refractivity contribution in [1.82, 2.24) is 4.90 Å². The lowest BCUT2D eigenvalue weighted by Crippen LogP contribution is -2.54. The summed E-state index contributed by atoms with van der Waals surface area (Å²) in [5, 5.41) is 0.423. The van der Waals surface area contributed by atoms with Crippen LogP contribution in [-0.2, 0) is 0 Å². The molecule has 0 aliphatic heterocycles. The molecule has 17 heavy (non-hydrogen) atoms. The molecule has 0 N–H and O–H groups in total. The lowest BCUT2D eigenvalue weighted by Gasteiger charge is -2.57. The molecule has 0 aromatic heterocycles. The molecule has 104 valence electrons. The normalized spacial score (nSPS) is 16.6. The summed E-state index contributed by atoms with van der Waals surface area (Å²) in [6, 6.07) is 0.657. The highest BCUT2D eigenvalue weighted by atomic mass is 28.1. The standard InChI is InChI=1S/C15H35NSi/c1-10-16(11-2)12(3)15(17,13(4,5)6)14(7,8)9/h12H,10-11H2,1-9,17H3. The van der Waals surface area contributed by atoms with Crippen molar-refractivity contribution in [2.75, 3.05) is 13.1 Å². The van der Waals surface area contributed by atoms with Crippen LogP contribution in [0.4, 0.5) is 0 Å². The first-order valence-corrected chi connectivity index (χ1v) is 8.17. The summed E-state index contributed by atoms with van der Waals surface area (Å²) in [5.74, 6) is 0. The molecule has 0 aromatic rings. The van der Waals surface area contributed by atoms with Gasteiger partial charge in [0.25, 0.3) is 0 Å². The van der Waals surface area contributed by atoms with Crippen molar-refractivity contribution in [1.29, 1.82) is 0 Å². The summed E-state index contributed by atoms with van der Waals surface area (Å²) in [4.78, 5) is 2.63. The third kappa shape index (κ3) is 3.14. The van der Waals surface area contributed by atoms with Crippen LogP contribution in [0.15, 0.2) is 0 Å². The van der Waals surface area contributed by atoms with E-state index in [-0.39, 0.29) is 0 Å². The third-order valence-corrected chi connectivity index (χ3v) is 9.15. The molecule has 0 radical (unpaired) electrons. The minimum atomic E-state index is 0.361. The number of nitrogens with zero attached hydrogens (tertiary/aromatic N) is 1. The van der Waals surface area contributed by atoms with Gasteiger partial charge >= 0.3 is 0 Å². The van der Waals surface area contributed by atoms with Crippen molar-refractivity contribution in [3.8, 4) is 0 Å². The number of hydrogen-bond acceptors (Lipinski definition) is 1. The maximum absolute atomic E-state index is 2.63. The summed E-state index contributed by atoms with van der Waals surface area (Å²) in [6.45, 7) is 23.9. The minimum absolute atomic E-state index is 0.361. The molecule has 1 unspecified atom stereocenters. The Kier molecular flexibility index (Phi) is 5.49. The fourth-order valence-corrected chi connectivity index (χ4v) is 3.88. The van der Waals surface area contributed by atoms with Gasteiger partial charge in [-0.05, 0) is 35.9 Å². The Morgan fingerprint density at radius 3 is 1.35 bits per heavy atom. The van der Waals surface area contributed by atoms with E-state index >= 15 is 0 Å². The van der Waals surface area contributed by atoms with Crippen molar-refractivity contribution in [3.05, 3.63) is 0 Å². The Bertz CT molecular complexity index is 216. The van der Waals surface area contributed by atoms with Gasteiger partial charge in [-0.2, -0.15) is 0 Å². The Labute approximate surface area is 113 Å². The third-order valence-electron chi connectivity index (χ3n) is 5.31. The van der Waals surface area contributed by atoms with Crippen LogP contribution in [0.25, 0.3) is 0 Å². The van der Waals surface area contributed by atoms with Gasteiger partial charge in [0.1, 0.15) is 0 Å². The topological polar surface area (TPSA) is 3.24 Å². The van der Waals surface area contributed by atoms with E-state index in [2.05, 4.69) is 67.2 Å². The van der Waals surface area contributed by atoms with Crippen molar-refractivity contribution >= 4 is 10.2 Å². The van der Waals surface area contributed by atoms with Gasteiger partial charge in [-0.25, -0.2) is 0 Å². The molecule has 0 aliphatic rings. The molecule has 0 heterocycles. The lowest BCUT2D eigenvalue weighted by molar-refractivity contribution is 0.0319. The van der Waals surface area contributed by atoms with Crippen molar-refractivity contribution in [2.45, 2.75) is 73.4 Å². The SMILES string of the molecule is CCN(CC)C(C)C([SiH3])(C(C)(C)C)C(C)(C)C. The maximum atomic E-state index is 2.63. The van der Waals surface area contributed by atoms with Crippen LogP contribution < -0.4 is 0 Å². The van der Waals surface area contributed by atoms with Crippen LogP contribution in [0.2, 0.25) is 5.04 Å². The summed E-state index contributed by atoms with van der Waals surface area (Å²) in [6.07, 6.45) is 0. The average molecular weight is 258 g/mol. The van der Waals surface area contributed by atoms with E-state index < -0.39 is 0 Å². The highest BCUT2D eigenvalue weighted by Crippen LogP contribution is 2.58. The van der Waals surface area contributed by atoms with Crippen molar-refractivity contribution in [3.63, 3.8) is 0 Å². The van der Waals surface area contributed by atoms with Gasteiger partial charge in [-0.3, -0.25) is 0 Å². The van der Waals surface area contributed by atoms with Crippen LogP contribution >= 0.6 is 0 Å². The molecular formula is C15H35NSi. The van der Waals surface area contributed by atoms with Crippen LogP contribution in [0.5, 0.6) is 0 Å². The van der Waals surface area contributed by atoms with E-state index in [1.54, 1.807) is 0 Å². The average Bonchev–Trinajstić information content (AvgIpc) is 2.14. The summed E-state index contributed by atoms with van der Waals surface area (Å²) in [7, 11) is 1.24. The van der Waals surface area contributed by atoms with Gasteiger partial charge in [-0.15, -0.1) is 0 Å². The van der Waals surface area contributed by atoms with Crippen LogP contribution in [-0.4, -0.2) is 34.3 Å². The second-order valence-electron chi connectivity index (χ2n) is 7.60. The van der Waals surface area contributed by atoms with Crippen molar-refractivity contribution in [2.24, 2.45) is 10.8 Å². The fourth-order valence-electron chi connectivity index (χ4n) is 3.51. The maximum Gasteiger partial charge on any atom is 0.0140 e. The molecule has 1 nitrogen and oxygen atoms in total. The molecule has 0 bridgehead atoms. The predicted octanol–water partition coefficient (Wildman–Crippen LogP) is 3.33. The Morgan fingerprint density at radius 2 is 1.18 bits per heavy atom. The second kappa shape index (κ2) is 5.44. The van der Waals surface area contributed by atoms with E-state index in [1.807, 2.05) is 0 Å². The first-order chi connectivity index (χ1) is 7.43. The summed E-state index contributed by atoms with van der Waals surface area (Å²) >= 11 is 0. The van der Waals surface area contributed by atoms with E-state index in [0.717, 1.165) is 13.1 Å². The molecule has 0 amide bonds. The monoisotopic (exact) mass is 257 g/mol. The Hall–Kier alpha value is 0.177. The molecule has 0 aliphatic carbocycles. The smallest absolute Gasteiger partial charge is 0.0140 e. The first-order valence-electron chi connectivity index (χ1n) is 7.17. The minimum Gasteiger partial charge on any atom is -0.301 e. The Balaban J connectivity index is 5.50. The first kappa shape index (κ1) is 17.2. The van der Waals surface area contributed by atoms with E-state index in [0.29, 0.717) is 21.9 Å². The van der Waals surface area contributed by atoms with Gasteiger partial charge < -0.3 is 4.90 Å². The zero-order valence-corrected chi connectivity index (χ0v) is 15.9. The van der Waals surface area contributed by atoms with Gasteiger partial charge in [-0.1, -0.05) is 55.4 Å². The molecule has 0 rings (SSSR count). The highest BCUT2D eigenvalue weighted by molar-refractivity contribution is 6.17. The predicted molar refractivity (Wildman–Crippen MR) is 83.9 cm³/mol. The molecule has 0 spiro atoms. The highest BCUT2D eigenvalue weighted by Gasteiger charge is 2.51. The van der Waals surface area contributed by atoms with Crippen molar-refractivity contribution < 1.29 is 0 Å².